The van der Waals surface area contributed by atoms with Crippen LogP contribution in [0.4, 0.5) is 10.3 Å². The van der Waals surface area contributed by atoms with Crippen LogP contribution in [0.15, 0.2) is 85.3 Å². The van der Waals surface area contributed by atoms with Gasteiger partial charge in [0.15, 0.2) is 0 Å². The number of halogens is 1. The van der Waals surface area contributed by atoms with Gasteiger partial charge in [0.2, 0.25) is 5.95 Å². The zero-order valence-electron chi connectivity index (χ0n) is 15.9. The fourth-order valence-electron chi connectivity index (χ4n) is 3.32. The third-order valence-electron chi connectivity index (χ3n) is 4.72. The van der Waals surface area contributed by atoms with Crippen LogP contribution in [0.2, 0.25) is 0 Å². The van der Waals surface area contributed by atoms with Crippen LogP contribution in [0.25, 0.3) is 28.0 Å². The minimum Gasteiger partial charge on any atom is -0.349 e. The number of aromatic nitrogens is 5. The number of pyridine rings is 2. The molecule has 146 valence electrons. The Labute approximate surface area is 172 Å². The highest BCUT2D eigenvalue weighted by atomic mass is 19.1. The second kappa shape index (κ2) is 7.71. The molecule has 0 bridgehead atoms. The Kier molecular flexibility index (Phi) is 4.61. The lowest BCUT2D eigenvalue weighted by Gasteiger charge is -2.07. The van der Waals surface area contributed by atoms with Crippen LogP contribution < -0.4 is 5.32 Å². The summed E-state index contributed by atoms with van der Waals surface area (Å²) in [5, 5.41) is 7.93. The summed E-state index contributed by atoms with van der Waals surface area (Å²) >= 11 is 0. The molecule has 0 saturated carbocycles. The lowest BCUT2D eigenvalue weighted by Crippen LogP contribution is -2.05. The zero-order chi connectivity index (χ0) is 20.3. The van der Waals surface area contributed by atoms with Crippen LogP contribution in [0.1, 0.15) is 5.69 Å². The molecule has 0 saturated heterocycles. The van der Waals surface area contributed by atoms with Crippen molar-refractivity contribution < 1.29 is 4.39 Å². The van der Waals surface area contributed by atoms with E-state index in [2.05, 4.69) is 15.3 Å². The van der Waals surface area contributed by atoms with Gasteiger partial charge >= 0.3 is 0 Å². The van der Waals surface area contributed by atoms with Crippen LogP contribution in [0.3, 0.4) is 0 Å². The van der Waals surface area contributed by atoms with Gasteiger partial charge in [-0.25, -0.2) is 18.9 Å². The van der Waals surface area contributed by atoms with Gasteiger partial charge in [-0.1, -0.05) is 12.1 Å². The molecule has 6 nitrogen and oxygen atoms in total. The van der Waals surface area contributed by atoms with Crippen molar-refractivity contribution in [1.82, 2.24) is 24.6 Å². The SMILES string of the molecule is Fc1ccc(-c2nn3ccccc3c2-c2ccnc(NCc3ccccn3)n2)cc1. The largest absolute Gasteiger partial charge is 0.349 e. The summed E-state index contributed by atoms with van der Waals surface area (Å²) in [5.41, 5.74) is 4.95. The predicted molar refractivity (Wildman–Crippen MR) is 113 cm³/mol. The van der Waals surface area contributed by atoms with Gasteiger partial charge in [0.25, 0.3) is 0 Å². The van der Waals surface area contributed by atoms with Gasteiger partial charge in [-0.2, -0.15) is 5.10 Å². The van der Waals surface area contributed by atoms with E-state index in [1.54, 1.807) is 29.0 Å². The summed E-state index contributed by atoms with van der Waals surface area (Å²) in [6, 6.07) is 19.8. The Morgan fingerprint density at radius 3 is 2.57 bits per heavy atom. The molecule has 1 aromatic carbocycles. The Balaban J connectivity index is 1.57. The molecule has 0 amide bonds. The molecule has 1 N–H and O–H groups in total. The fraction of sp³-hybridized carbons (Fsp3) is 0.0435. The van der Waals surface area contributed by atoms with E-state index in [1.807, 2.05) is 48.7 Å². The molecule has 0 spiro atoms. The Morgan fingerprint density at radius 1 is 0.867 bits per heavy atom. The van der Waals surface area contributed by atoms with Gasteiger partial charge < -0.3 is 5.32 Å². The van der Waals surface area contributed by atoms with E-state index >= 15 is 0 Å². The van der Waals surface area contributed by atoms with E-state index < -0.39 is 0 Å². The van der Waals surface area contributed by atoms with E-state index in [-0.39, 0.29) is 5.82 Å². The van der Waals surface area contributed by atoms with E-state index in [0.29, 0.717) is 12.5 Å². The van der Waals surface area contributed by atoms with Crippen LogP contribution in [0.5, 0.6) is 0 Å². The first kappa shape index (κ1) is 17.9. The summed E-state index contributed by atoms with van der Waals surface area (Å²) in [7, 11) is 0. The number of anilines is 1. The van der Waals surface area contributed by atoms with Crippen LogP contribution in [-0.4, -0.2) is 24.6 Å². The maximum atomic E-state index is 13.4. The van der Waals surface area contributed by atoms with Crippen molar-refractivity contribution in [2.24, 2.45) is 0 Å². The van der Waals surface area contributed by atoms with Gasteiger partial charge in [0.1, 0.15) is 11.5 Å². The van der Waals surface area contributed by atoms with E-state index in [9.17, 15) is 4.39 Å². The van der Waals surface area contributed by atoms with Crippen molar-refractivity contribution in [3.63, 3.8) is 0 Å². The first-order valence-corrected chi connectivity index (χ1v) is 9.48. The molecule has 0 unspecified atom stereocenters. The molecule has 0 fully saturated rings. The van der Waals surface area contributed by atoms with Crippen LogP contribution in [-0.2, 0) is 6.54 Å². The zero-order valence-corrected chi connectivity index (χ0v) is 15.9. The standard InChI is InChI=1S/C23H17FN6/c24-17-9-7-16(8-10-17)22-21(20-6-2-4-14-30(20)29-22)19-11-13-26-23(28-19)27-15-18-5-1-3-12-25-18/h1-14H,15H2,(H,26,27,28). The first-order chi connectivity index (χ1) is 14.8. The molecule has 0 aliphatic rings. The number of hydrogen-bond donors (Lipinski definition) is 1. The fourth-order valence-corrected chi connectivity index (χ4v) is 3.32. The molecule has 4 heterocycles. The molecule has 0 aliphatic carbocycles. The van der Waals surface area contributed by atoms with Gasteiger partial charge in [-0.05, 0) is 54.6 Å². The van der Waals surface area contributed by atoms with Crippen molar-refractivity contribution in [2.75, 3.05) is 5.32 Å². The molecular formula is C23H17FN6. The number of nitrogens with one attached hydrogen (secondary N) is 1. The Hall–Kier alpha value is -4.13. The normalized spacial score (nSPS) is 11.0. The highest BCUT2D eigenvalue weighted by Crippen LogP contribution is 2.34. The van der Waals surface area contributed by atoms with Crippen LogP contribution >= 0.6 is 0 Å². The minimum absolute atomic E-state index is 0.285. The molecule has 5 rings (SSSR count). The van der Waals surface area contributed by atoms with Gasteiger partial charge in [0, 0.05) is 24.2 Å². The first-order valence-electron chi connectivity index (χ1n) is 9.48. The maximum Gasteiger partial charge on any atom is 0.223 e. The Morgan fingerprint density at radius 2 is 1.73 bits per heavy atom. The van der Waals surface area contributed by atoms with Gasteiger partial charge in [-0.3, -0.25) is 4.98 Å². The van der Waals surface area contributed by atoms with Crippen molar-refractivity contribution in [2.45, 2.75) is 6.54 Å². The number of nitrogens with zero attached hydrogens (tertiary/aromatic N) is 5. The lowest BCUT2D eigenvalue weighted by atomic mass is 10.0. The van der Waals surface area contributed by atoms with Crippen LogP contribution in [0, 0.1) is 5.82 Å². The molecule has 0 atom stereocenters. The van der Waals surface area contributed by atoms with Crippen molar-refractivity contribution in [1.29, 1.82) is 0 Å². The number of hydrogen-bond acceptors (Lipinski definition) is 5. The van der Waals surface area contributed by atoms with E-state index in [4.69, 9.17) is 10.1 Å². The third kappa shape index (κ3) is 3.48. The molecule has 0 aliphatic heterocycles. The number of fused-ring (bicyclic) bond motifs is 1. The third-order valence-corrected chi connectivity index (χ3v) is 4.72. The lowest BCUT2D eigenvalue weighted by molar-refractivity contribution is 0.628. The van der Waals surface area contributed by atoms with Gasteiger partial charge in [0.05, 0.1) is 29.0 Å². The predicted octanol–water partition coefficient (Wildman–Crippen LogP) is 4.60. The smallest absolute Gasteiger partial charge is 0.223 e. The number of benzene rings is 1. The quantitative estimate of drug-likeness (QED) is 0.470. The molecule has 0 radical (unpaired) electrons. The highest BCUT2D eigenvalue weighted by Gasteiger charge is 2.18. The number of rotatable bonds is 5. The summed E-state index contributed by atoms with van der Waals surface area (Å²) in [4.78, 5) is 13.3. The van der Waals surface area contributed by atoms with Gasteiger partial charge in [-0.15, -0.1) is 0 Å². The Bertz CT molecular complexity index is 1300. The maximum absolute atomic E-state index is 13.4. The molecule has 4 aromatic heterocycles. The molecule has 30 heavy (non-hydrogen) atoms. The monoisotopic (exact) mass is 396 g/mol. The van der Waals surface area contributed by atoms with E-state index in [1.165, 1.54) is 12.1 Å². The minimum atomic E-state index is -0.285. The topological polar surface area (TPSA) is 68.0 Å². The van der Waals surface area contributed by atoms with Crippen molar-refractivity contribution >= 4 is 11.5 Å². The average molecular weight is 396 g/mol. The highest BCUT2D eigenvalue weighted by molar-refractivity contribution is 5.90. The van der Waals surface area contributed by atoms with Crippen molar-refractivity contribution in [3.8, 4) is 22.5 Å². The second-order valence-corrected chi connectivity index (χ2v) is 6.70. The summed E-state index contributed by atoms with van der Waals surface area (Å²) < 4.78 is 15.3. The molecular weight excluding hydrogens is 379 g/mol. The second-order valence-electron chi connectivity index (χ2n) is 6.70. The van der Waals surface area contributed by atoms with E-state index in [0.717, 1.165) is 33.7 Å². The summed E-state index contributed by atoms with van der Waals surface area (Å²) in [6.07, 6.45) is 5.35. The molecule has 5 aromatic rings. The molecule has 7 heteroatoms. The summed E-state index contributed by atoms with van der Waals surface area (Å²) in [5.74, 6) is 0.214. The summed E-state index contributed by atoms with van der Waals surface area (Å²) in [6.45, 7) is 0.518. The van der Waals surface area contributed by atoms with Crippen molar-refractivity contribution in [3.05, 3.63) is 96.8 Å². The average Bonchev–Trinajstić information content (AvgIpc) is 3.19.